The summed E-state index contributed by atoms with van der Waals surface area (Å²) in [4.78, 5) is 55.2. The summed E-state index contributed by atoms with van der Waals surface area (Å²) in [6.07, 6.45) is -1.78. The fourth-order valence-corrected chi connectivity index (χ4v) is 3.48. The van der Waals surface area contributed by atoms with Crippen molar-refractivity contribution >= 4 is 68.4 Å². The molecule has 2 aliphatic rings. The Hall–Kier alpha value is -2.39. The van der Waals surface area contributed by atoms with E-state index in [1.54, 1.807) is 0 Å². The van der Waals surface area contributed by atoms with Crippen LogP contribution in [-0.4, -0.2) is 77.4 Å². The number of hydrogen-bond acceptors (Lipinski definition) is 12. The standard InChI is InChI=1S/C14H16N2O10S3/c17-9-1-3-11(27)15(9)25-13(19)23-5-7-29(21,22)8-6-24-14(20)26-16-10(18)2-4-12(16)28/h1-8H2. The number of carbonyl (C=O) groups excluding carboxylic acids is 4. The molecule has 0 aromatic rings. The van der Waals surface area contributed by atoms with Crippen LogP contribution in [0.15, 0.2) is 0 Å². The molecule has 0 N–H and O–H groups in total. The molecule has 15 heteroatoms. The van der Waals surface area contributed by atoms with Gasteiger partial charge in [-0.2, -0.15) is 0 Å². The van der Waals surface area contributed by atoms with Gasteiger partial charge in [0.25, 0.3) is 11.8 Å². The summed E-state index contributed by atoms with van der Waals surface area (Å²) in [5, 5.41) is 1.25. The number of carbonyl (C=O) groups is 4. The van der Waals surface area contributed by atoms with Crippen LogP contribution in [0.4, 0.5) is 9.59 Å². The highest BCUT2D eigenvalue weighted by Gasteiger charge is 2.31. The summed E-state index contributed by atoms with van der Waals surface area (Å²) < 4.78 is 32.9. The first-order valence-electron chi connectivity index (χ1n) is 8.20. The van der Waals surface area contributed by atoms with E-state index in [4.69, 9.17) is 24.4 Å². The van der Waals surface area contributed by atoms with E-state index in [1.165, 1.54) is 0 Å². The molecule has 2 fully saturated rings. The van der Waals surface area contributed by atoms with Gasteiger partial charge in [-0.05, 0) is 0 Å². The van der Waals surface area contributed by atoms with Crippen molar-refractivity contribution in [1.29, 1.82) is 0 Å². The summed E-state index contributed by atoms with van der Waals surface area (Å²) >= 11 is 9.66. The van der Waals surface area contributed by atoms with Crippen molar-refractivity contribution in [2.45, 2.75) is 25.7 Å². The van der Waals surface area contributed by atoms with E-state index in [9.17, 15) is 27.6 Å². The second kappa shape index (κ2) is 9.89. The first-order valence-corrected chi connectivity index (χ1v) is 10.8. The number of hydroxylamine groups is 4. The van der Waals surface area contributed by atoms with Gasteiger partial charge in [0.1, 0.15) is 23.2 Å². The largest absolute Gasteiger partial charge is 0.533 e. The Labute approximate surface area is 175 Å². The van der Waals surface area contributed by atoms with Gasteiger partial charge in [-0.15, -0.1) is 10.1 Å². The van der Waals surface area contributed by atoms with Crippen molar-refractivity contribution < 1.29 is 46.7 Å². The maximum Gasteiger partial charge on any atom is 0.533 e. The lowest BCUT2D eigenvalue weighted by atomic mass is 10.4. The molecule has 0 unspecified atom stereocenters. The number of sulfone groups is 1. The highest BCUT2D eigenvalue weighted by molar-refractivity contribution is 7.91. The highest BCUT2D eigenvalue weighted by Crippen LogP contribution is 2.15. The number of nitrogens with zero attached hydrogens (tertiary/aromatic N) is 2. The fourth-order valence-electron chi connectivity index (χ4n) is 2.12. The molecule has 2 amide bonds. The Balaban J connectivity index is 1.64. The van der Waals surface area contributed by atoms with E-state index in [1.807, 2.05) is 0 Å². The normalized spacial score (nSPS) is 17.0. The topological polar surface area (TPSA) is 146 Å². The number of hydrogen-bond donors (Lipinski definition) is 0. The molecule has 2 heterocycles. The molecule has 0 bridgehead atoms. The van der Waals surface area contributed by atoms with Crippen LogP contribution in [0.1, 0.15) is 25.7 Å². The molecule has 0 radical (unpaired) electrons. The van der Waals surface area contributed by atoms with Gasteiger partial charge in [-0.1, -0.05) is 24.4 Å². The van der Waals surface area contributed by atoms with Crippen molar-refractivity contribution in [3.63, 3.8) is 0 Å². The summed E-state index contributed by atoms with van der Waals surface area (Å²) in [5.41, 5.74) is 0. The Kier molecular flexibility index (Phi) is 7.80. The first kappa shape index (κ1) is 22.9. The van der Waals surface area contributed by atoms with E-state index in [2.05, 4.69) is 19.1 Å². The third-order valence-electron chi connectivity index (χ3n) is 3.57. The molecule has 0 aromatic heterocycles. The summed E-state index contributed by atoms with van der Waals surface area (Å²) in [6.45, 7) is -1.09. The Morgan fingerprint density at radius 1 is 0.793 bits per heavy atom. The lowest BCUT2D eigenvalue weighted by molar-refractivity contribution is -0.151. The van der Waals surface area contributed by atoms with E-state index in [0.29, 0.717) is 10.1 Å². The molecule has 12 nitrogen and oxygen atoms in total. The van der Waals surface area contributed by atoms with Crippen LogP contribution in [-0.2, 0) is 38.6 Å². The number of rotatable bonds is 8. The second-order valence-electron chi connectivity index (χ2n) is 5.70. The quantitative estimate of drug-likeness (QED) is 0.360. The predicted molar refractivity (Wildman–Crippen MR) is 101 cm³/mol. The van der Waals surface area contributed by atoms with Gasteiger partial charge < -0.3 is 9.47 Å². The van der Waals surface area contributed by atoms with Gasteiger partial charge >= 0.3 is 12.3 Å². The fraction of sp³-hybridized carbons (Fsp3) is 0.571. The van der Waals surface area contributed by atoms with Crippen LogP contribution < -0.4 is 0 Å². The Morgan fingerprint density at radius 3 is 1.48 bits per heavy atom. The number of thiocarbonyl (C=S) groups is 2. The molecule has 0 aromatic carbocycles. The van der Waals surface area contributed by atoms with Gasteiger partial charge in [0.05, 0.1) is 11.5 Å². The zero-order valence-electron chi connectivity index (χ0n) is 14.9. The molecule has 2 saturated heterocycles. The van der Waals surface area contributed by atoms with E-state index in [0.717, 1.165) is 0 Å². The highest BCUT2D eigenvalue weighted by atomic mass is 32.2. The van der Waals surface area contributed by atoms with Gasteiger partial charge in [0.15, 0.2) is 9.84 Å². The average Bonchev–Trinajstić information content (AvgIpc) is 3.11. The molecule has 2 aliphatic heterocycles. The molecule has 2 rings (SSSR count). The van der Waals surface area contributed by atoms with Crippen LogP contribution in [0.5, 0.6) is 0 Å². The number of amides is 2. The minimum absolute atomic E-state index is 0.112. The second-order valence-corrected chi connectivity index (χ2v) is 8.94. The van der Waals surface area contributed by atoms with Crippen LogP contribution >= 0.6 is 24.4 Å². The van der Waals surface area contributed by atoms with Crippen molar-refractivity contribution in [3.8, 4) is 0 Å². The number of ether oxygens (including phenoxy) is 2. The zero-order chi connectivity index (χ0) is 21.6. The molecule has 0 saturated carbocycles. The summed E-state index contributed by atoms with van der Waals surface area (Å²) in [6, 6.07) is 0. The van der Waals surface area contributed by atoms with Crippen molar-refractivity contribution in [1.82, 2.24) is 10.1 Å². The molecule has 160 valence electrons. The molecule has 0 atom stereocenters. The average molecular weight is 468 g/mol. The maximum absolute atomic E-state index is 11.9. The van der Waals surface area contributed by atoms with Crippen molar-refractivity contribution in [2.24, 2.45) is 0 Å². The smallest absolute Gasteiger partial charge is 0.432 e. The Bertz CT molecular complexity index is 747. The third-order valence-corrected chi connectivity index (χ3v) is 5.89. The zero-order valence-corrected chi connectivity index (χ0v) is 17.3. The van der Waals surface area contributed by atoms with E-state index < -0.39 is 58.7 Å². The van der Waals surface area contributed by atoms with Crippen molar-refractivity contribution in [2.75, 3.05) is 24.7 Å². The first-order chi connectivity index (χ1) is 13.6. The summed E-state index contributed by atoms with van der Waals surface area (Å²) in [5.74, 6) is -2.15. The van der Waals surface area contributed by atoms with Gasteiger partial charge in [0.2, 0.25) is 0 Å². The minimum Gasteiger partial charge on any atom is -0.432 e. The lowest BCUT2D eigenvalue weighted by Crippen LogP contribution is -2.32. The molecule has 0 spiro atoms. The van der Waals surface area contributed by atoms with Gasteiger partial charge in [-0.3, -0.25) is 19.3 Å². The predicted octanol–water partition coefficient (Wildman–Crippen LogP) is 0.437. The summed E-state index contributed by atoms with van der Waals surface area (Å²) in [7, 11) is -3.75. The lowest BCUT2D eigenvalue weighted by Gasteiger charge is -2.14. The van der Waals surface area contributed by atoms with Gasteiger partial charge in [0, 0.05) is 25.7 Å². The van der Waals surface area contributed by atoms with Crippen LogP contribution in [0, 0.1) is 0 Å². The Morgan fingerprint density at radius 2 is 1.17 bits per heavy atom. The molecular weight excluding hydrogens is 452 g/mol. The SMILES string of the molecule is O=C(OCCS(=O)(=O)CCOC(=O)ON1C(=O)CCC1=S)ON1C(=O)CCC1=S. The molecule has 0 aliphatic carbocycles. The molecular formula is C14H16N2O10S3. The monoisotopic (exact) mass is 468 g/mol. The van der Waals surface area contributed by atoms with Crippen LogP contribution in [0.2, 0.25) is 0 Å². The minimum atomic E-state index is -3.75. The van der Waals surface area contributed by atoms with Crippen LogP contribution in [0.25, 0.3) is 0 Å². The van der Waals surface area contributed by atoms with Crippen LogP contribution in [0.3, 0.4) is 0 Å². The maximum atomic E-state index is 11.9. The molecule has 29 heavy (non-hydrogen) atoms. The van der Waals surface area contributed by atoms with E-state index in [-0.39, 0.29) is 35.7 Å². The van der Waals surface area contributed by atoms with E-state index >= 15 is 0 Å². The van der Waals surface area contributed by atoms with Gasteiger partial charge in [-0.25, -0.2) is 18.0 Å². The van der Waals surface area contributed by atoms with Crippen molar-refractivity contribution in [3.05, 3.63) is 0 Å². The third kappa shape index (κ3) is 6.86.